The molecule has 2 aliphatic rings. The molecule has 0 aromatic heterocycles. The molecule has 0 radical (unpaired) electrons. The van der Waals surface area contributed by atoms with Crippen molar-refractivity contribution in [2.75, 3.05) is 13.7 Å². The molecule has 1 unspecified atom stereocenters. The summed E-state index contributed by atoms with van der Waals surface area (Å²) in [5.74, 6) is 0. The Balaban J connectivity index is 1.56. The molecule has 6 nitrogen and oxygen atoms in total. The molecule has 0 bridgehead atoms. The van der Waals surface area contributed by atoms with E-state index in [2.05, 4.69) is 99.4 Å². The van der Waals surface area contributed by atoms with Gasteiger partial charge in [-0.1, -0.05) is 112 Å². The van der Waals surface area contributed by atoms with Crippen LogP contribution in [0, 0.1) is 0 Å². The van der Waals surface area contributed by atoms with Crippen LogP contribution in [0.1, 0.15) is 43.8 Å². The van der Waals surface area contributed by atoms with Gasteiger partial charge in [-0.2, -0.15) is 0 Å². The summed E-state index contributed by atoms with van der Waals surface area (Å²) in [5.41, 5.74) is 3.44. The predicted octanol–water partition coefficient (Wildman–Crippen LogP) is 6.93. The van der Waals surface area contributed by atoms with Gasteiger partial charge in [0.1, 0.15) is 12.2 Å². The summed E-state index contributed by atoms with van der Waals surface area (Å²) in [6, 6.07) is 31.1. The number of benzene rings is 3. The van der Waals surface area contributed by atoms with Crippen LogP contribution in [-0.2, 0) is 36.5 Å². The lowest BCUT2D eigenvalue weighted by atomic mass is 9.93. The molecule has 2 fully saturated rings. The molecular formula is C34H45NO5Si. The zero-order valence-electron chi connectivity index (χ0n) is 25.2. The van der Waals surface area contributed by atoms with Crippen LogP contribution in [0.3, 0.4) is 0 Å². The summed E-state index contributed by atoms with van der Waals surface area (Å²) in [6.45, 7) is 13.3. The second-order valence-corrected chi connectivity index (χ2v) is 17.4. The molecule has 7 heteroatoms. The van der Waals surface area contributed by atoms with Crippen molar-refractivity contribution in [1.29, 1.82) is 0 Å². The van der Waals surface area contributed by atoms with Gasteiger partial charge in [-0.05, 0) is 29.3 Å². The van der Waals surface area contributed by atoms with Crippen LogP contribution < -0.4 is 0 Å². The molecule has 0 N–H and O–H groups in total. The third-order valence-corrected chi connectivity index (χ3v) is 13.2. The predicted molar refractivity (Wildman–Crippen MR) is 164 cm³/mol. The SMILES string of the molecule is CO[C@H]1O[C@@H]2COC(c3ccccc3)O[C@H]2[C@H](O[Si](C)(C)C(C)(C)C)[C@H]1N(Cc1ccccc1)Cc1ccccc1. The second-order valence-electron chi connectivity index (χ2n) is 12.7. The van der Waals surface area contributed by atoms with Gasteiger partial charge in [0.15, 0.2) is 20.9 Å². The minimum absolute atomic E-state index is 0.0155. The van der Waals surface area contributed by atoms with Crippen LogP contribution in [0.25, 0.3) is 0 Å². The van der Waals surface area contributed by atoms with E-state index in [-0.39, 0.29) is 29.4 Å². The lowest BCUT2D eigenvalue weighted by Crippen LogP contribution is -2.69. The minimum Gasteiger partial charge on any atom is -0.409 e. The lowest BCUT2D eigenvalue weighted by Gasteiger charge is -2.54. The molecule has 220 valence electrons. The van der Waals surface area contributed by atoms with E-state index in [4.69, 9.17) is 23.4 Å². The topological polar surface area (TPSA) is 49.4 Å². The highest BCUT2D eigenvalue weighted by Crippen LogP contribution is 2.43. The van der Waals surface area contributed by atoms with Crippen molar-refractivity contribution in [1.82, 2.24) is 4.90 Å². The molecule has 3 aromatic carbocycles. The fourth-order valence-electron chi connectivity index (χ4n) is 5.47. The van der Waals surface area contributed by atoms with Crippen molar-refractivity contribution in [2.24, 2.45) is 0 Å². The smallest absolute Gasteiger partial charge is 0.192 e. The Hall–Kier alpha value is -2.36. The number of rotatable bonds is 9. The molecule has 5 rings (SSSR count). The van der Waals surface area contributed by atoms with E-state index in [0.29, 0.717) is 6.61 Å². The second kappa shape index (κ2) is 12.9. The van der Waals surface area contributed by atoms with Gasteiger partial charge in [0.05, 0.1) is 18.8 Å². The van der Waals surface area contributed by atoms with E-state index >= 15 is 0 Å². The van der Waals surface area contributed by atoms with Crippen LogP contribution in [0.2, 0.25) is 18.1 Å². The zero-order valence-corrected chi connectivity index (χ0v) is 26.2. The monoisotopic (exact) mass is 575 g/mol. The van der Waals surface area contributed by atoms with Gasteiger partial charge in [-0.15, -0.1) is 0 Å². The summed E-state index contributed by atoms with van der Waals surface area (Å²) in [5, 5.41) is 0.0155. The van der Waals surface area contributed by atoms with Gasteiger partial charge in [-0.3, -0.25) is 4.90 Å². The molecule has 41 heavy (non-hydrogen) atoms. The lowest BCUT2D eigenvalue weighted by molar-refractivity contribution is -0.349. The van der Waals surface area contributed by atoms with Crippen LogP contribution in [0.5, 0.6) is 0 Å². The maximum atomic E-state index is 7.35. The van der Waals surface area contributed by atoms with Crippen LogP contribution in [0.15, 0.2) is 91.0 Å². The summed E-state index contributed by atoms with van der Waals surface area (Å²) >= 11 is 0. The number of hydrogen-bond acceptors (Lipinski definition) is 6. The molecule has 2 heterocycles. The van der Waals surface area contributed by atoms with Gasteiger partial charge < -0.3 is 23.4 Å². The minimum atomic E-state index is -2.24. The first-order chi connectivity index (χ1) is 19.7. The first kappa shape index (κ1) is 30.1. The number of ether oxygens (including phenoxy) is 4. The Morgan fingerprint density at radius 2 is 1.34 bits per heavy atom. The van der Waals surface area contributed by atoms with Crippen molar-refractivity contribution in [3.63, 3.8) is 0 Å². The zero-order chi connectivity index (χ0) is 29.0. The van der Waals surface area contributed by atoms with Crippen molar-refractivity contribution in [2.45, 2.75) is 88.9 Å². The molecule has 0 saturated carbocycles. The van der Waals surface area contributed by atoms with Crippen molar-refractivity contribution < 1.29 is 23.4 Å². The van der Waals surface area contributed by atoms with Gasteiger partial charge in [0, 0.05) is 25.8 Å². The fraction of sp³-hybridized carbons (Fsp3) is 0.471. The largest absolute Gasteiger partial charge is 0.409 e. The summed E-state index contributed by atoms with van der Waals surface area (Å²) in [6.07, 6.45) is -1.92. The van der Waals surface area contributed by atoms with Crippen LogP contribution in [-0.4, -0.2) is 57.6 Å². The summed E-state index contributed by atoms with van der Waals surface area (Å²) < 4.78 is 33.1. The molecular weight excluding hydrogens is 530 g/mol. The fourth-order valence-corrected chi connectivity index (χ4v) is 6.78. The first-order valence-electron chi connectivity index (χ1n) is 14.7. The maximum absolute atomic E-state index is 7.35. The number of hydrogen-bond donors (Lipinski definition) is 0. The number of nitrogens with zero attached hydrogens (tertiary/aromatic N) is 1. The highest BCUT2D eigenvalue weighted by atomic mass is 28.4. The third-order valence-electron chi connectivity index (χ3n) is 8.73. The molecule has 6 atom stereocenters. The molecule has 0 aliphatic carbocycles. The standard InChI is InChI=1S/C34H45NO5Si/c1-34(2,3)41(5,6)40-31-29(35(22-25-16-10-7-11-17-25)23-26-18-12-8-13-19-26)33(36-4)38-28-24-37-32(39-30(28)31)27-20-14-9-15-21-27/h7-21,28-33H,22-24H2,1-6H3/t28-,29-,30-,31-,32?,33+/m1/s1. The average molecular weight is 576 g/mol. The Labute approximate surface area is 246 Å². The summed E-state index contributed by atoms with van der Waals surface area (Å²) in [7, 11) is -0.519. The molecule has 0 spiro atoms. The Morgan fingerprint density at radius 1 is 0.805 bits per heavy atom. The van der Waals surface area contributed by atoms with Crippen molar-refractivity contribution >= 4 is 8.32 Å². The van der Waals surface area contributed by atoms with E-state index in [0.717, 1.165) is 18.7 Å². The van der Waals surface area contributed by atoms with Crippen molar-refractivity contribution in [3.8, 4) is 0 Å². The highest BCUT2D eigenvalue weighted by Gasteiger charge is 2.55. The Bertz CT molecular complexity index is 1180. The van der Waals surface area contributed by atoms with Crippen molar-refractivity contribution in [3.05, 3.63) is 108 Å². The van der Waals surface area contributed by atoms with Crippen LogP contribution in [0.4, 0.5) is 0 Å². The Morgan fingerprint density at radius 3 is 1.85 bits per heavy atom. The normalized spacial score (nSPS) is 27.0. The molecule has 3 aromatic rings. The van der Waals surface area contributed by atoms with Crippen LogP contribution >= 0.6 is 0 Å². The first-order valence-corrected chi connectivity index (χ1v) is 17.6. The van der Waals surface area contributed by atoms with E-state index in [1.165, 1.54) is 11.1 Å². The molecule has 0 amide bonds. The quantitative estimate of drug-likeness (QED) is 0.258. The number of fused-ring (bicyclic) bond motifs is 1. The molecule has 2 saturated heterocycles. The molecule has 2 aliphatic heterocycles. The van der Waals surface area contributed by atoms with Gasteiger partial charge in [-0.25, -0.2) is 0 Å². The van der Waals surface area contributed by atoms with E-state index in [1.54, 1.807) is 7.11 Å². The third kappa shape index (κ3) is 7.00. The average Bonchev–Trinajstić information content (AvgIpc) is 2.97. The van der Waals surface area contributed by atoms with E-state index in [9.17, 15) is 0 Å². The van der Waals surface area contributed by atoms with E-state index in [1.807, 2.05) is 30.3 Å². The van der Waals surface area contributed by atoms with Gasteiger partial charge in [0.25, 0.3) is 0 Å². The Kier molecular flexibility index (Phi) is 9.46. The maximum Gasteiger partial charge on any atom is 0.192 e. The van der Waals surface area contributed by atoms with E-state index < -0.39 is 20.9 Å². The van der Waals surface area contributed by atoms with Gasteiger partial charge in [0.2, 0.25) is 0 Å². The highest BCUT2D eigenvalue weighted by molar-refractivity contribution is 6.74. The summed E-state index contributed by atoms with van der Waals surface area (Å²) in [4.78, 5) is 2.45. The van der Waals surface area contributed by atoms with Gasteiger partial charge >= 0.3 is 0 Å². The number of methoxy groups -OCH3 is 1.